The van der Waals surface area contributed by atoms with Gasteiger partial charge in [-0.15, -0.1) is 0 Å². The first-order valence-electron chi connectivity index (χ1n) is 15.8. The smallest absolute Gasteiger partial charge is 0.0715 e. The fourth-order valence-corrected chi connectivity index (χ4v) is 5.52. The summed E-state index contributed by atoms with van der Waals surface area (Å²) in [7, 11) is 0. The number of aromatic carboxylic acids is 3. The van der Waals surface area contributed by atoms with Gasteiger partial charge < -0.3 is 29.7 Å². The van der Waals surface area contributed by atoms with Crippen LogP contribution in [-0.4, -0.2) is 40.4 Å². The summed E-state index contributed by atoms with van der Waals surface area (Å²) in [6, 6.07) is 48.4. The van der Waals surface area contributed by atoms with Gasteiger partial charge in [0.2, 0.25) is 0 Å². The fraction of sp³-hybridized carbons (Fsp3) is 0.0930. The minimum absolute atomic E-state index is 0.221. The molecule has 0 aromatic heterocycles. The Hall–Kier alpha value is -5.47. The van der Waals surface area contributed by atoms with Gasteiger partial charge in [-0.3, -0.25) is 0 Å². The van der Waals surface area contributed by atoms with E-state index in [0.717, 1.165) is 32.3 Å². The molecule has 246 valence electrons. The molecule has 0 fully saturated rings. The van der Waals surface area contributed by atoms with Crippen molar-refractivity contribution in [1.29, 1.82) is 0 Å². The molecule has 0 unspecified atom stereocenters. The van der Waals surface area contributed by atoms with E-state index in [-0.39, 0.29) is 16.7 Å². The third-order valence-electron chi connectivity index (χ3n) is 7.95. The zero-order chi connectivity index (χ0) is 36.1. The van der Waals surface area contributed by atoms with Crippen molar-refractivity contribution < 1.29 is 29.7 Å². The van der Waals surface area contributed by atoms with Crippen LogP contribution in [0.5, 0.6) is 0 Å². The molecule has 7 aromatic rings. The average Bonchev–Trinajstić information content (AvgIpc) is 3.15. The van der Waals surface area contributed by atoms with Gasteiger partial charge in [-0.1, -0.05) is 109 Å². The number of fused-ring (bicyclic) bond motifs is 3. The summed E-state index contributed by atoms with van der Waals surface area (Å²) in [4.78, 5) is 31.6. The third kappa shape index (κ3) is 10.5. The number of hydrogen-bond donors (Lipinski definition) is 0. The van der Waals surface area contributed by atoms with Crippen molar-refractivity contribution in [2.24, 2.45) is 0 Å². The van der Waals surface area contributed by atoms with Crippen LogP contribution in [0.3, 0.4) is 0 Å². The van der Waals surface area contributed by atoms with Crippen molar-refractivity contribution in [3.63, 3.8) is 0 Å². The molecule has 50 heavy (non-hydrogen) atoms. The van der Waals surface area contributed by atoms with Crippen molar-refractivity contribution in [1.82, 2.24) is 0 Å². The summed E-state index contributed by atoms with van der Waals surface area (Å²) >= 11 is 1.62. The number of benzene rings is 7. The molecule has 0 bridgehead atoms. The van der Waals surface area contributed by atoms with E-state index in [0.29, 0.717) is 5.41 Å². The van der Waals surface area contributed by atoms with E-state index in [1.807, 2.05) is 72.8 Å². The van der Waals surface area contributed by atoms with Gasteiger partial charge in [0.05, 0.1) is 17.9 Å². The van der Waals surface area contributed by atoms with E-state index in [9.17, 15) is 29.7 Å². The number of carboxylic acid groups (broad SMARTS) is 3. The van der Waals surface area contributed by atoms with Gasteiger partial charge in [0.15, 0.2) is 0 Å². The summed E-state index contributed by atoms with van der Waals surface area (Å²) in [6.07, 6.45) is 0. The van der Waals surface area contributed by atoms with Crippen LogP contribution < -0.4 is 15.3 Å². The fourth-order valence-electron chi connectivity index (χ4n) is 4.94. The van der Waals surface area contributed by atoms with Gasteiger partial charge in [-0.25, -0.2) is 0 Å². The third-order valence-corrected chi connectivity index (χ3v) is 10.5. The van der Waals surface area contributed by atoms with Crippen LogP contribution in [0.25, 0.3) is 32.3 Å². The van der Waals surface area contributed by atoms with Gasteiger partial charge in [-0.05, 0) is 67.2 Å². The Morgan fingerprint density at radius 1 is 0.440 bits per heavy atom. The normalized spacial score (nSPS) is 10.5. The van der Waals surface area contributed by atoms with Crippen molar-refractivity contribution in [2.45, 2.75) is 23.7 Å². The van der Waals surface area contributed by atoms with Crippen LogP contribution >= 0.6 is 0 Å². The predicted molar refractivity (Wildman–Crippen MR) is 195 cm³/mol. The predicted octanol–water partition coefficient (Wildman–Crippen LogP) is 6.16. The molecule has 0 saturated heterocycles. The van der Waals surface area contributed by atoms with Crippen molar-refractivity contribution >= 4 is 72.8 Å². The summed E-state index contributed by atoms with van der Waals surface area (Å²) in [5.74, 6) is -3.40. The Kier molecular flexibility index (Phi) is 13.3. The molecule has 0 heterocycles. The standard InChI is InChI=1S/3C11H8O2.C10H13.Sn/c3*12-11(13)10-6-5-8-3-1-2-4-9(8)7-10;1-10(2,3)9-7-5-4-6-8-9;/h3*1-7H,(H,12,13);4-8H,1H2,2-3H3;/q;;;;+3/p-3. The molecule has 0 radical (unpaired) electrons. The molecule has 0 aliphatic heterocycles. The second-order valence-corrected chi connectivity index (χ2v) is 13.0. The summed E-state index contributed by atoms with van der Waals surface area (Å²) < 4.78 is 1.28. The molecule has 0 spiro atoms. The molecule has 0 aliphatic carbocycles. The maximum absolute atomic E-state index is 10.5. The van der Waals surface area contributed by atoms with E-state index in [1.165, 1.54) is 10.0 Å². The van der Waals surface area contributed by atoms with Crippen LogP contribution in [0.1, 0.15) is 50.5 Å². The first-order valence-corrected chi connectivity index (χ1v) is 17.8. The second-order valence-electron chi connectivity index (χ2n) is 12.0. The Morgan fingerprint density at radius 2 is 0.720 bits per heavy atom. The van der Waals surface area contributed by atoms with E-state index in [1.54, 1.807) is 77.1 Å². The van der Waals surface area contributed by atoms with Crippen LogP contribution in [-0.2, 0) is 5.41 Å². The largest absolute Gasteiger partial charge is 0.545 e. The van der Waals surface area contributed by atoms with Crippen molar-refractivity contribution in [2.75, 3.05) is 0 Å². The topological polar surface area (TPSA) is 120 Å². The summed E-state index contributed by atoms with van der Waals surface area (Å²) in [5, 5.41) is 37.5. The maximum Gasteiger partial charge on any atom is 0.0715 e. The molecule has 6 nitrogen and oxygen atoms in total. The van der Waals surface area contributed by atoms with E-state index in [4.69, 9.17) is 0 Å². The van der Waals surface area contributed by atoms with Gasteiger partial charge >= 0.3 is 82.1 Å². The minimum atomic E-state index is -1.13. The molecule has 0 saturated carbocycles. The molecular formula is C43H34O6Sn. The average molecular weight is 765 g/mol. The first kappa shape index (κ1) is 37.3. The molecule has 0 atom stereocenters. The Labute approximate surface area is 304 Å². The van der Waals surface area contributed by atoms with E-state index in [2.05, 4.69) is 44.2 Å². The van der Waals surface area contributed by atoms with Crippen molar-refractivity contribution in [3.8, 4) is 0 Å². The molecule has 7 aromatic carbocycles. The molecule has 0 N–H and O–H groups in total. The van der Waals surface area contributed by atoms with Crippen LogP contribution in [0.4, 0.5) is 0 Å². The molecular weight excluding hydrogens is 731 g/mol. The number of rotatable bonds is 5. The summed E-state index contributed by atoms with van der Waals surface area (Å²) in [5.41, 5.74) is 2.49. The van der Waals surface area contributed by atoms with Gasteiger partial charge in [0.1, 0.15) is 0 Å². The summed E-state index contributed by atoms with van der Waals surface area (Å²) in [6.45, 7) is 4.61. The quantitative estimate of drug-likeness (QED) is 0.194. The SMILES string of the molecule is CC(C)([CH2][Sn+3])c1ccccc1.O=C([O-])c1ccc2ccccc2c1.O=C([O-])c1ccc2ccccc2c1.O=C([O-])c1ccc2ccccc2c1. The molecule has 0 amide bonds. The zero-order valence-electron chi connectivity index (χ0n) is 27.7. The van der Waals surface area contributed by atoms with E-state index >= 15 is 0 Å². The van der Waals surface area contributed by atoms with Crippen molar-refractivity contribution in [3.05, 3.63) is 180 Å². The number of carbonyl (C=O) groups excluding carboxylic acids is 3. The molecule has 7 heteroatoms. The second kappa shape index (κ2) is 17.8. The monoisotopic (exact) mass is 766 g/mol. The van der Waals surface area contributed by atoms with Crippen LogP contribution in [0, 0.1) is 0 Å². The Morgan fingerprint density at radius 3 is 1.00 bits per heavy atom. The minimum Gasteiger partial charge on any atom is -0.545 e. The van der Waals surface area contributed by atoms with Crippen LogP contribution in [0.2, 0.25) is 4.44 Å². The van der Waals surface area contributed by atoms with Crippen LogP contribution in [0.15, 0.2) is 158 Å². The van der Waals surface area contributed by atoms with Gasteiger partial charge in [0, 0.05) is 0 Å². The zero-order valence-corrected chi connectivity index (χ0v) is 30.5. The van der Waals surface area contributed by atoms with E-state index < -0.39 is 17.9 Å². The molecule has 7 rings (SSSR count). The number of carbonyl (C=O) groups is 3. The maximum atomic E-state index is 10.5. The Balaban J connectivity index is 0.000000150. The number of hydrogen-bond acceptors (Lipinski definition) is 6. The number of carboxylic acids is 3. The van der Waals surface area contributed by atoms with Gasteiger partial charge in [-0.2, -0.15) is 0 Å². The first-order chi connectivity index (χ1) is 24.0. The molecule has 0 aliphatic rings. The Bertz CT molecular complexity index is 2010. The van der Waals surface area contributed by atoms with Gasteiger partial charge in [0.25, 0.3) is 0 Å².